The van der Waals surface area contributed by atoms with Crippen LogP contribution < -0.4 is 10.1 Å². The smallest absolute Gasteiger partial charge is 0.246 e. The lowest BCUT2D eigenvalue weighted by Crippen LogP contribution is -2.23. The number of aryl methyl sites for hydroxylation is 1. The monoisotopic (exact) mass is 348 g/mol. The van der Waals surface area contributed by atoms with Gasteiger partial charge in [0.2, 0.25) is 10.0 Å². The first-order valence-electron chi connectivity index (χ1n) is 7.83. The number of anilines is 1. The van der Waals surface area contributed by atoms with E-state index in [0.717, 1.165) is 11.3 Å². The Labute approximate surface area is 144 Å². The van der Waals surface area contributed by atoms with Crippen LogP contribution in [0.2, 0.25) is 0 Å². The predicted molar refractivity (Wildman–Crippen MR) is 97.0 cm³/mol. The molecule has 0 atom stereocenters. The molecular formula is C18H24N2O3S. The van der Waals surface area contributed by atoms with Gasteiger partial charge in [-0.15, -0.1) is 0 Å². The maximum absolute atomic E-state index is 12.5. The van der Waals surface area contributed by atoms with Crippen LogP contribution in [0.4, 0.5) is 5.69 Å². The highest BCUT2D eigenvalue weighted by molar-refractivity contribution is 7.89. The van der Waals surface area contributed by atoms with Crippen LogP contribution in [-0.4, -0.2) is 33.4 Å². The molecule has 0 bridgehead atoms. The second kappa shape index (κ2) is 7.68. The van der Waals surface area contributed by atoms with Gasteiger partial charge in [-0.2, -0.15) is 0 Å². The molecule has 0 saturated carbocycles. The molecule has 2 aromatic carbocycles. The zero-order chi connectivity index (χ0) is 17.7. The van der Waals surface area contributed by atoms with Crippen molar-refractivity contribution in [2.24, 2.45) is 0 Å². The Balaban J connectivity index is 2.29. The minimum absolute atomic E-state index is 0.170. The van der Waals surface area contributed by atoms with Gasteiger partial charge in [-0.25, -0.2) is 12.7 Å². The molecule has 5 nitrogen and oxygen atoms in total. The van der Waals surface area contributed by atoms with Crippen molar-refractivity contribution in [3.05, 3.63) is 53.6 Å². The number of ether oxygens (including phenoxy) is 1. The number of nitrogens with one attached hydrogen (secondary N) is 1. The van der Waals surface area contributed by atoms with Gasteiger partial charge in [0, 0.05) is 26.3 Å². The highest BCUT2D eigenvalue weighted by Gasteiger charge is 2.22. The van der Waals surface area contributed by atoms with Crippen molar-refractivity contribution in [2.45, 2.75) is 25.3 Å². The molecule has 0 saturated heterocycles. The molecule has 0 spiro atoms. The number of sulfonamides is 1. The molecule has 130 valence electrons. The number of benzene rings is 2. The molecule has 6 heteroatoms. The molecule has 0 unspecified atom stereocenters. The van der Waals surface area contributed by atoms with Crippen LogP contribution in [0.25, 0.3) is 0 Å². The second-order valence-electron chi connectivity index (χ2n) is 5.72. The Morgan fingerprint density at radius 1 is 1.12 bits per heavy atom. The van der Waals surface area contributed by atoms with Crippen molar-refractivity contribution in [1.29, 1.82) is 0 Å². The van der Waals surface area contributed by atoms with Crippen molar-refractivity contribution in [2.75, 3.05) is 26.0 Å². The largest absolute Gasteiger partial charge is 0.492 e. The first-order chi connectivity index (χ1) is 11.3. The standard InChI is InChI=1S/C18H24N2O3S/c1-5-23-17-10-9-16(12-18(17)24(21,22)20(3)4)19-13-15-8-6-7-14(2)11-15/h6-12,19H,5,13H2,1-4H3. The fraction of sp³-hybridized carbons (Fsp3) is 0.333. The van der Waals surface area contributed by atoms with E-state index in [4.69, 9.17) is 4.74 Å². The fourth-order valence-corrected chi connectivity index (χ4v) is 3.37. The van der Waals surface area contributed by atoms with Crippen molar-refractivity contribution >= 4 is 15.7 Å². The molecular weight excluding hydrogens is 324 g/mol. The number of hydrogen-bond acceptors (Lipinski definition) is 4. The molecule has 2 rings (SSSR count). The van der Waals surface area contributed by atoms with Gasteiger partial charge < -0.3 is 10.1 Å². The zero-order valence-electron chi connectivity index (χ0n) is 14.5. The summed E-state index contributed by atoms with van der Waals surface area (Å²) in [4.78, 5) is 0.170. The Hall–Kier alpha value is -2.05. The molecule has 1 N–H and O–H groups in total. The molecule has 0 aliphatic carbocycles. The van der Waals surface area contributed by atoms with Crippen LogP contribution in [0.15, 0.2) is 47.4 Å². The van der Waals surface area contributed by atoms with Crippen LogP contribution in [0.1, 0.15) is 18.1 Å². The summed E-state index contributed by atoms with van der Waals surface area (Å²) in [7, 11) is -0.550. The van der Waals surface area contributed by atoms with E-state index in [1.54, 1.807) is 12.1 Å². The van der Waals surface area contributed by atoms with Crippen molar-refractivity contribution in [3.63, 3.8) is 0 Å². The van der Waals surface area contributed by atoms with Gasteiger partial charge in [-0.05, 0) is 37.6 Å². The summed E-state index contributed by atoms with van der Waals surface area (Å²) in [6.45, 7) is 4.90. The Kier molecular flexibility index (Phi) is 5.85. The molecule has 0 amide bonds. The summed E-state index contributed by atoms with van der Waals surface area (Å²) < 4.78 is 31.7. The Morgan fingerprint density at radius 3 is 2.50 bits per heavy atom. The van der Waals surface area contributed by atoms with Crippen molar-refractivity contribution in [3.8, 4) is 5.75 Å². The third-order valence-electron chi connectivity index (χ3n) is 3.58. The quantitative estimate of drug-likeness (QED) is 0.834. The van der Waals surface area contributed by atoms with Crippen molar-refractivity contribution < 1.29 is 13.2 Å². The van der Waals surface area contributed by atoms with Crippen LogP contribution >= 0.6 is 0 Å². The fourth-order valence-electron chi connectivity index (χ4n) is 2.32. The molecule has 0 aliphatic heterocycles. The van der Waals surface area contributed by atoms with Crippen LogP contribution in [0.5, 0.6) is 5.75 Å². The lowest BCUT2D eigenvalue weighted by Gasteiger charge is -2.17. The van der Waals surface area contributed by atoms with Crippen LogP contribution in [0.3, 0.4) is 0 Å². The van der Waals surface area contributed by atoms with E-state index in [1.165, 1.54) is 24.0 Å². The SMILES string of the molecule is CCOc1ccc(NCc2cccc(C)c2)cc1S(=O)(=O)N(C)C. The minimum atomic E-state index is -3.57. The second-order valence-corrected chi connectivity index (χ2v) is 7.84. The first-order valence-corrected chi connectivity index (χ1v) is 9.27. The molecule has 24 heavy (non-hydrogen) atoms. The number of nitrogens with zero attached hydrogens (tertiary/aromatic N) is 1. The third-order valence-corrected chi connectivity index (χ3v) is 5.42. The summed E-state index contributed by atoms with van der Waals surface area (Å²) in [5.74, 6) is 0.368. The van der Waals surface area contributed by atoms with Gasteiger partial charge >= 0.3 is 0 Å². The van der Waals surface area contributed by atoms with Gasteiger partial charge in [-0.1, -0.05) is 29.8 Å². The van der Waals surface area contributed by atoms with E-state index < -0.39 is 10.0 Å². The van der Waals surface area contributed by atoms with Gasteiger partial charge in [0.05, 0.1) is 6.61 Å². The molecule has 0 fully saturated rings. The van der Waals surface area contributed by atoms with Gasteiger partial charge in [-0.3, -0.25) is 0 Å². The maximum Gasteiger partial charge on any atom is 0.246 e. The van der Waals surface area contributed by atoms with Crippen LogP contribution in [-0.2, 0) is 16.6 Å². The van der Waals surface area contributed by atoms with Gasteiger partial charge in [0.15, 0.2) is 0 Å². The van der Waals surface area contributed by atoms with Gasteiger partial charge in [0.1, 0.15) is 10.6 Å². The Morgan fingerprint density at radius 2 is 1.88 bits per heavy atom. The molecule has 0 aliphatic rings. The van der Waals surface area contributed by atoms with E-state index in [-0.39, 0.29) is 4.90 Å². The molecule has 0 aromatic heterocycles. The van der Waals surface area contributed by atoms with Crippen molar-refractivity contribution in [1.82, 2.24) is 4.31 Å². The van der Waals surface area contributed by atoms with E-state index in [1.807, 2.05) is 38.1 Å². The average molecular weight is 348 g/mol. The summed E-state index contributed by atoms with van der Waals surface area (Å²) in [5, 5.41) is 3.27. The predicted octanol–water partition coefficient (Wildman–Crippen LogP) is 3.26. The highest BCUT2D eigenvalue weighted by atomic mass is 32.2. The average Bonchev–Trinajstić information content (AvgIpc) is 2.54. The van der Waals surface area contributed by atoms with E-state index in [9.17, 15) is 8.42 Å². The highest BCUT2D eigenvalue weighted by Crippen LogP contribution is 2.29. The Bertz CT molecular complexity index is 802. The summed E-state index contributed by atoms with van der Waals surface area (Å²) >= 11 is 0. The number of hydrogen-bond donors (Lipinski definition) is 1. The minimum Gasteiger partial charge on any atom is -0.492 e. The number of rotatable bonds is 7. The van der Waals surface area contributed by atoms with E-state index >= 15 is 0 Å². The van der Waals surface area contributed by atoms with Crippen LogP contribution in [0, 0.1) is 6.92 Å². The zero-order valence-corrected chi connectivity index (χ0v) is 15.4. The maximum atomic E-state index is 12.5. The lowest BCUT2D eigenvalue weighted by molar-refractivity contribution is 0.330. The molecule has 2 aromatic rings. The van der Waals surface area contributed by atoms with Gasteiger partial charge in [0.25, 0.3) is 0 Å². The third kappa shape index (κ3) is 4.27. The summed E-state index contributed by atoms with van der Waals surface area (Å²) in [6, 6.07) is 13.3. The molecule has 0 radical (unpaired) electrons. The van der Waals surface area contributed by atoms with E-state index in [0.29, 0.717) is 18.9 Å². The topological polar surface area (TPSA) is 58.6 Å². The molecule has 0 heterocycles. The summed E-state index contributed by atoms with van der Waals surface area (Å²) in [6.07, 6.45) is 0. The normalized spacial score (nSPS) is 11.5. The summed E-state index contributed by atoms with van der Waals surface area (Å²) in [5.41, 5.74) is 3.07. The first kappa shape index (κ1) is 18.3. The lowest BCUT2D eigenvalue weighted by atomic mass is 10.1. The van der Waals surface area contributed by atoms with E-state index in [2.05, 4.69) is 11.4 Å².